The molecule has 0 aliphatic carbocycles. The lowest BCUT2D eigenvalue weighted by molar-refractivity contribution is 0.340. The van der Waals surface area contributed by atoms with Crippen LogP contribution >= 0.6 is 0 Å². The summed E-state index contributed by atoms with van der Waals surface area (Å²) in [5.74, 6) is 0.896. The number of fused-ring (bicyclic) bond motifs is 1. The number of pyridine rings is 1. The van der Waals surface area contributed by atoms with Gasteiger partial charge in [0.2, 0.25) is 0 Å². The minimum absolute atomic E-state index is 0.687. The fourth-order valence-electron chi connectivity index (χ4n) is 2.31. The molecule has 0 amide bonds. The third-order valence-electron chi connectivity index (χ3n) is 3.34. The summed E-state index contributed by atoms with van der Waals surface area (Å²) in [5.41, 5.74) is 3.36. The highest BCUT2D eigenvalue weighted by Crippen LogP contribution is 2.24. The largest absolute Gasteiger partial charge is 0.494 e. The number of ether oxygens (including phenoxy) is 1. The Bertz CT molecular complexity index is 732. The molecule has 1 aromatic heterocycles. The maximum absolute atomic E-state index is 5.46. The van der Waals surface area contributed by atoms with Gasteiger partial charge < -0.3 is 4.74 Å². The zero-order chi connectivity index (χ0) is 13.9. The molecule has 20 heavy (non-hydrogen) atoms. The molecule has 100 valence electrons. The van der Waals surface area contributed by atoms with E-state index >= 15 is 0 Å². The number of aromatic nitrogens is 1. The van der Waals surface area contributed by atoms with Crippen LogP contribution in [0.4, 0.5) is 0 Å². The summed E-state index contributed by atoms with van der Waals surface area (Å²) in [6.07, 6.45) is 1.94. The van der Waals surface area contributed by atoms with Crippen LogP contribution in [0.3, 0.4) is 0 Å². The average molecular weight is 263 g/mol. The number of rotatable bonds is 3. The van der Waals surface area contributed by atoms with Crippen LogP contribution in [0.5, 0.6) is 5.75 Å². The minimum atomic E-state index is 0.687. The van der Waals surface area contributed by atoms with Gasteiger partial charge in [-0.3, -0.25) is 4.98 Å². The van der Waals surface area contributed by atoms with Gasteiger partial charge in [-0.05, 0) is 55.6 Å². The van der Waals surface area contributed by atoms with Gasteiger partial charge in [-0.15, -0.1) is 0 Å². The zero-order valence-corrected chi connectivity index (χ0v) is 11.8. The first-order chi connectivity index (χ1) is 9.76. The summed E-state index contributed by atoms with van der Waals surface area (Å²) < 4.78 is 5.46. The number of nitrogens with zero attached hydrogens (tertiary/aromatic N) is 1. The fourth-order valence-corrected chi connectivity index (χ4v) is 2.31. The zero-order valence-electron chi connectivity index (χ0n) is 11.8. The summed E-state index contributed by atoms with van der Waals surface area (Å²) in [5, 5.41) is 2.40. The van der Waals surface area contributed by atoms with Crippen LogP contribution in [-0.4, -0.2) is 11.6 Å². The molecule has 1 heterocycles. The third-order valence-corrected chi connectivity index (χ3v) is 3.34. The quantitative estimate of drug-likeness (QED) is 0.688. The van der Waals surface area contributed by atoms with Gasteiger partial charge in [0, 0.05) is 17.1 Å². The average Bonchev–Trinajstić information content (AvgIpc) is 2.48. The van der Waals surface area contributed by atoms with Crippen molar-refractivity contribution in [3.63, 3.8) is 0 Å². The smallest absolute Gasteiger partial charge is 0.119 e. The molecule has 0 saturated heterocycles. The summed E-state index contributed by atoms with van der Waals surface area (Å²) >= 11 is 0. The Hall–Kier alpha value is -2.35. The lowest BCUT2D eigenvalue weighted by atomic mass is 10.1. The highest BCUT2D eigenvalue weighted by Gasteiger charge is 2.02. The molecular weight excluding hydrogens is 246 g/mol. The Kier molecular flexibility index (Phi) is 3.38. The third kappa shape index (κ3) is 2.50. The molecule has 0 N–H and O–H groups in total. The van der Waals surface area contributed by atoms with E-state index < -0.39 is 0 Å². The summed E-state index contributed by atoms with van der Waals surface area (Å²) in [6.45, 7) is 4.77. The molecule has 3 rings (SSSR count). The predicted octanol–water partition coefficient (Wildman–Crippen LogP) is 4.61. The van der Waals surface area contributed by atoms with Gasteiger partial charge in [-0.1, -0.05) is 17.7 Å². The van der Waals surface area contributed by atoms with Gasteiger partial charge in [0.25, 0.3) is 0 Å². The van der Waals surface area contributed by atoms with Crippen molar-refractivity contribution >= 4 is 10.8 Å². The van der Waals surface area contributed by atoms with E-state index in [2.05, 4.69) is 36.2 Å². The van der Waals surface area contributed by atoms with Gasteiger partial charge in [0.15, 0.2) is 0 Å². The van der Waals surface area contributed by atoms with Crippen molar-refractivity contribution in [2.24, 2.45) is 0 Å². The Balaban J connectivity index is 1.99. The molecule has 2 nitrogen and oxygen atoms in total. The molecule has 0 bridgehead atoms. The molecule has 0 atom stereocenters. The first kappa shape index (κ1) is 12.7. The van der Waals surface area contributed by atoms with E-state index in [0.29, 0.717) is 6.61 Å². The van der Waals surface area contributed by atoms with Crippen molar-refractivity contribution < 1.29 is 4.74 Å². The van der Waals surface area contributed by atoms with E-state index in [0.717, 1.165) is 17.0 Å². The van der Waals surface area contributed by atoms with E-state index in [1.165, 1.54) is 16.3 Å². The number of hydrogen-bond donors (Lipinski definition) is 0. The van der Waals surface area contributed by atoms with E-state index in [4.69, 9.17) is 4.74 Å². The van der Waals surface area contributed by atoms with Gasteiger partial charge in [-0.25, -0.2) is 0 Å². The Morgan fingerprint density at radius 2 is 1.75 bits per heavy atom. The second-order valence-electron chi connectivity index (χ2n) is 4.88. The van der Waals surface area contributed by atoms with Crippen LogP contribution in [0.25, 0.3) is 22.0 Å². The van der Waals surface area contributed by atoms with Crippen molar-refractivity contribution in [2.45, 2.75) is 13.8 Å². The van der Waals surface area contributed by atoms with Gasteiger partial charge in [-0.2, -0.15) is 0 Å². The molecule has 0 spiro atoms. The normalized spacial score (nSPS) is 10.7. The second-order valence-corrected chi connectivity index (χ2v) is 4.88. The molecular formula is C18H17NO. The van der Waals surface area contributed by atoms with Crippen LogP contribution in [0, 0.1) is 6.92 Å². The molecule has 0 saturated carbocycles. The van der Waals surface area contributed by atoms with Crippen molar-refractivity contribution in [1.29, 1.82) is 0 Å². The van der Waals surface area contributed by atoms with Gasteiger partial charge >= 0.3 is 0 Å². The number of aryl methyl sites for hydroxylation is 1. The van der Waals surface area contributed by atoms with E-state index in [-0.39, 0.29) is 0 Å². The maximum Gasteiger partial charge on any atom is 0.119 e. The van der Waals surface area contributed by atoms with E-state index in [9.17, 15) is 0 Å². The lowest BCUT2D eigenvalue weighted by Gasteiger charge is -2.06. The molecule has 0 aliphatic heterocycles. The van der Waals surface area contributed by atoms with E-state index in [1.807, 2.05) is 37.4 Å². The van der Waals surface area contributed by atoms with Crippen LogP contribution in [0.15, 0.2) is 54.7 Å². The molecule has 0 radical (unpaired) electrons. The second kappa shape index (κ2) is 5.33. The highest BCUT2D eigenvalue weighted by atomic mass is 16.5. The molecule has 0 fully saturated rings. The van der Waals surface area contributed by atoms with Crippen LogP contribution in [0.1, 0.15) is 12.5 Å². The topological polar surface area (TPSA) is 22.1 Å². The Morgan fingerprint density at radius 3 is 2.50 bits per heavy atom. The first-order valence-electron chi connectivity index (χ1n) is 6.86. The van der Waals surface area contributed by atoms with Crippen molar-refractivity contribution in [2.75, 3.05) is 6.61 Å². The van der Waals surface area contributed by atoms with Gasteiger partial charge in [0.05, 0.1) is 12.3 Å². The molecule has 0 unspecified atom stereocenters. The standard InChI is InChI=1S/C18H17NO/c1-3-20-17-8-6-14(7-9-17)18-11-15-5-4-13(2)10-16(15)12-19-18/h4-12H,3H2,1-2H3. The van der Waals surface area contributed by atoms with Crippen LogP contribution in [-0.2, 0) is 0 Å². The van der Waals surface area contributed by atoms with Crippen LogP contribution < -0.4 is 4.74 Å². The fraction of sp³-hybridized carbons (Fsp3) is 0.167. The lowest BCUT2D eigenvalue weighted by Crippen LogP contribution is -1.91. The molecule has 3 aromatic rings. The monoisotopic (exact) mass is 263 g/mol. The number of hydrogen-bond acceptors (Lipinski definition) is 2. The summed E-state index contributed by atoms with van der Waals surface area (Å²) in [4.78, 5) is 4.55. The first-order valence-corrected chi connectivity index (χ1v) is 6.86. The van der Waals surface area contributed by atoms with E-state index in [1.54, 1.807) is 0 Å². The van der Waals surface area contributed by atoms with Crippen LogP contribution in [0.2, 0.25) is 0 Å². The maximum atomic E-state index is 5.46. The highest BCUT2D eigenvalue weighted by molar-refractivity contribution is 5.85. The summed E-state index contributed by atoms with van der Waals surface area (Å²) in [6, 6.07) is 16.6. The SMILES string of the molecule is CCOc1ccc(-c2cc3ccc(C)cc3cn2)cc1. The Labute approximate surface area is 119 Å². The van der Waals surface area contributed by atoms with Crippen molar-refractivity contribution in [3.8, 4) is 17.0 Å². The molecule has 2 heteroatoms. The Morgan fingerprint density at radius 1 is 0.950 bits per heavy atom. The molecule has 0 aliphatic rings. The van der Waals surface area contributed by atoms with Crippen molar-refractivity contribution in [3.05, 3.63) is 60.3 Å². The number of benzene rings is 2. The minimum Gasteiger partial charge on any atom is -0.494 e. The summed E-state index contributed by atoms with van der Waals surface area (Å²) in [7, 11) is 0. The van der Waals surface area contributed by atoms with Crippen molar-refractivity contribution in [1.82, 2.24) is 4.98 Å². The molecule has 2 aromatic carbocycles. The van der Waals surface area contributed by atoms with Gasteiger partial charge in [0.1, 0.15) is 5.75 Å². The predicted molar refractivity (Wildman–Crippen MR) is 83.1 cm³/mol.